The van der Waals surface area contributed by atoms with Crippen molar-refractivity contribution >= 4 is 5.65 Å². The average Bonchev–Trinajstić information content (AvgIpc) is 2.56. The van der Waals surface area contributed by atoms with Crippen molar-refractivity contribution in [3.63, 3.8) is 0 Å². The van der Waals surface area contributed by atoms with Crippen LogP contribution in [0.5, 0.6) is 5.88 Å². The van der Waals surface area contributed by atoms with Crippen molar-refractivity contribution in [1.82, 2.24) is 14.4 Å². The minimum absolute atomic E-state index is 0.381. The molecule has 0 fully saturated rings. The van der Waals surface area contributed by atoms with E-state index in [2.05, 4.69) is 23.8 Å². The molecule has 15 heavy (non-hydrogen) atoms. The Morgan fingerprint density at radius 3 is 2.60 bits per heavy atom. The first-order valence-corrected chi connectivity index (χ1v) is 5.02. The largest absolute Gasteiger partial charge is 0.478 e. The Morgan fingerprint density at radius 1 is 1.27 bits per heavy atom. The second kappa shape index (κ2) is 3.53. The molecular formula is C11H15N3O. The Balaban J connectivity index is 2.70. The minimum Gasteiger partial charge on any atom is -0.478 e. The first-order valence-electron chi connectivity index (χ1n) is 5.02. The van der Waals surface area contributed by atoms with E-state index in [9.17, 15) is 0 Å². The maximum Gasteiger partial charge on any atom is 0.258 e. The number of aromatic nitrogens is 3. The highest BCUT2D eigenvalue weighted by molar-refractivity contribution is 5.50. The van der Waals surface area contributed by atoms with Crippen LogP contribution in [-0.4, -0.2) is 21.5 Å². The summed E-state index contributed by atoms with van der Waals surface area (Å²) in [6, 6.07) is 0. The molecule has 2 rings (SSSR count). The molecule has 0 saturated carbocycles. The molecule has 80 valence electrons. The number of ether oxygens (including phenoxy) is 1. The predicted molar refractivity (Wildman–Crippen MR) is 58.4 cm³/mol. The van der Waals surface area contributed by atoms with Gasteiger partial charge in [0.15, 0.2) is 0 Å². The fourth-order valence-electron chi connectivity index (χ4n) is 1.53. The summed E-state index contributed by atoms with van der Waals surface area (Å²) >= 11 is 0. The molecular weight excluding hydrogens is 190 g/mol. The third-order valence-electron chi connectivity index (χ3n) is 2.33. The number of hydrogen-bond acceptors (Lipinski definition) is 3. The maximum absolute atomic E-state index is 5.24. The van der Waals surface area contributed by atoms with Crippen molar-refractivity contribution in [2.45, 2.75) is 26.7 Å². The van der Waals surface area contributed by atoms with E-state index in [1.807, 2.05) is 23.7 Å². The Kier molecular flexibility index (Phi) is 2.34. The molecule has 0 amide bonds. The van der Waals surface area contributed by atoms with Crippen LogP contribution in [0, 0.1) is 6.92 Å². The van der Waals surface area contributed by atoms with Crippen LogP contribution in [0.3, 0.4) is 0 Å². The normalized spacial score (nSPS) is 11.3. The van der Waals surface area contributed by atoms with Gasteiger partial charge in [0.2, 0.25) is 5.65 Å². The molecule has 0 bridgehead atoms. The molecule has 2 aromatic heterocycles. The molecule has 0 unspecified atom stereocenters. The SMILES string of the molecule is COc1nc(C(C)C)cn2cc(C)nc12. The van der Waals surface area contributed by atoms with Crippen LogP contribution < -0.4 is 4.74 Å². The van der Waals surface area contributed by atoms with Gasteiger partial charge in [-0.15, -0.1) is 0 Å². The van der Waals surface area contributed by atoms with Gasteiger partial charge in [0.25, 0.3) is 5.88 Å². The van der Waals surface area contributed by atoms with Crippen molar-refractivity contribution in [2.75, 3.05) is 7.11 Å². The lowest BCUT2D eigenvalue weighted by molar-refractivity contribution is 0.397. The third-order valence-corrected chi connectivity index (χ3v) is 2.33. The number of aryl methyl sites for hydroxylation is 1. The monoisotopic (exact) mass is 205 g/mol. The molecule has 2 aromatic rings. The van der Waals surface area contributed by atoms with Gasteiger partial charge in [-0.25, -0.2) is 9.97 Å². The number of rotatable bonds is 2. The Bertz CT molecular complexity index is 488. The lowest BCUT2D eigenvalue weighted by atomic mass is 10.1. The average molecular weight is 205 g/mol. The molecule has 4 heteroatoms. The van der Waals surface area contributed by atoms with Crippen LogP contribution in [0.4, 0.5) is 0 Å². The fourth-order valence-corrected chi connectivity index (χ4v) is 1.53. The van der Waals surface area contributed by atoms with Gasteiger partial charge in [0, 0.05) is 12.4 Å². The highest BCUT2D eigenvalue weighted by atomic mass is 16.5. The molecule has 0 aromatic carbocycles. The van der Waals surface area contributed by atoms with Crippen molar-refractivity contribution in [3.05, 3.63) is 23.8 Å². The van der Waals surface area contributed by atoms with E-state index in [1.165, 1.54) is 0 Å². The highest BCUT2D eigenvalue weighted by Gasteiger charge is 2.10. The molecule has 2 heterocycles. The molecule has 4 nitrogen and oxygen atoms in total. The van der Waals surface area contributed by atoms with Gasteiger partial charge in [0.1, 0.15) is 0 Å². The zero-order valence-corrected chi connectivity index (χ0v) is 9.48. The molecule has 0 aliphatic rings. The zero-order chi connectivity index (χ0) is 11.0. The summed E-state index contributed by atoms with van der Waals surface area (Å²) in [5, 5.41) is 0. The van der Waals surface area contributed by atoms with Crippen LogP contribution in [0.2, 0.25) is 0 Å². The standard InChI is InChI=1S/C11H15N3O/c1-7(2)9-6-14-5-8(3)12-10(14)11(13-9)15-4/h5-7H,1-4H3. The molecule has 0 spiro atoms. The smallest absolute Gasteiger partial charge is 0.258 e. The summed E-state index contributed by atoms with van der Waals surface area (Å²) in [7, 11) is 1.62. The van der Waals surface area contributed by atoms with Crippen LogP contribution >= 0.6 is 0 Å². The Labute approximate surface area is 88.9 Å². The second-order valence-corrected chi connectivity index (χ2v) is 3.94. The molecule has 0 aliphatic carbocycles. The van der Waals surface area contributed by atoms with Crippen LogP contribution in [-0.2, 0) is 0 Å². The summed E-state index contributed by atoms with van der Waals surface area (Å²) in [6.07, 6.45) is 3.98. The molecule has 0 atom stereocenters. The molecule has 0 radical (unpaired) electrons. The first-order chi connectivity index (χ1) is 7.11. The number of fused-ring (bicyclic) bond motifs is 1. The fraction of sp³-hybridized carbons (Fsp3) is 0.455. The van der Waals surface area contributed by atoms with Crippen LogP contribution in [0.1, 0.15) is 31.2 Å². The van der Waals surface area contributed by atoms with E-state index >= 15 is 0 Å². The highest BCUT2D eigenvalue weighted by Crippen LogP contribution is 2.20. The Morgan fingerprint density at radius 2 is 2.00 bits per heavy atom. The summed E-state index contributed by atoms with van der Waals surface area (Å²) in [4.78, 5) is 8.79. The second-order valence-electron chi connectivity index (χ2n) is 3.94. The summed E-state index contributed by atoms with van der Waals surface area (Å²) < 4.78 is 7.21. The van der Waals surface area contributed by atoms with Crippen molar-refractivity contribution in [1.29, 1.82) is 0 Å². The van der Waals surface area contributed by atoms with E-state index in [0.29, 0.717) is 11.8 Å². The predicted octanol–water partition coefficient (Wildman–Crippen LogP) is 2.17. The van der Waals surface area contributed by atoms with Crippen LogP contribution in [0.25, 0.3) is 5.65 Å². The van der Waals surface area contributed by atoms with Crippen LogP contribution in [0.15, 0.2) is 12.4 Å². The quantitative estimate of drug-likeness (QED) is 0.754. The topological polar surface area (TPSA) is 39.4 Å². The summed E-state index contributed by atoms with van der Waals surface area (Å²) in [5.74, 6) is 0.973. The first kappa shape index (κ1) is 9.96. The van der Waals surface area contributed by atoms with E-state index in [4.69, 9.17) is 4.74 Å². The number of imidazole rings is 1. The van der Waals surface area contributed by atoms with Gasteiger partial charge >= 0.3 is 0 Å². The van der Waals surface area contributed by atoms with Gasteiger partial charge in [-0.3, -0.25) is 0 Å². The van der Waals surface area contributed by atoms with E-state index < -0.39 is 0 Å². The molecule has 0 aliphatic heterocycles. The number of hydrogen-bond donors (Lipinski definition) is 0. The van der Waals surface area contributed by atoms with E-state index in [-0.39, 0.29) is 0 Å². The lowest BCUT2D eigenvalue weighted by Gasteiger charge is -2.07. The summed E-state index contributed by atoms with van der Waals surface area (Å²) in [5.41, 5.74) is 2.76. The Hall–Kier alpha value is -1.58. The maximum atomic E-state index is 5.24. The molecule has 0 saturated heterocycles. The van der Waals surface area contributed by atoms with Gasteiger partial charge in [-0.05, 0) is 12.8 Å². The van der Waals surface area contributed by atoms with E-state index in [1.54, 1.807) is 7.11 Å². The number of nitrogens with zero attached hydrogens (tertiary/aromatic N) is 3. The van der Waals surface area contributed by atoms with Crippen molar-refractivity contribution in [3.8, 4) is 5.88 Å². The lowest BCUT2D eigenvalue weighted by Crippen LogP contribution is -2.00. The van der Waals surface area contributed by atoms with Crippen molar-refractivity contribution in [2.24, 2.45) is 0 Å². The number of methoxy groups -OCH3 is 1. The molecule has 0 N–H and O–H groups in total. The van der Waals surface area contributed by atoms with Gasteiger partial charge < -0.3 is 9.14 Å². The third kappa shape index (κ3) is 1.67. The summed E-state index contributed by atoms with van der Waals surface area (Å²) in [6.45, 7) is 6.18. The minimum atomic E-state index is 0.381. The van der Waals surface area contributed by atoms with Crippen molar-refractivity contribution < 1.29 is 4.74 Å². The zero-order valence-electron chi connectivity index (χ0n) is 9.48. The van der Waals surface area contributed by atoms with Gasteiger partial charge in [0.05, 0.1) is 18.5 Å². The van der Waals surface area contributed by atoms with Gasteiger partial charge in [-0.1, -0.05) is 13.8 Å². The van der Waals surface area contributed by atoms with E-state index in [0.717, 1.165) is 17.0 Å². The van der Waals surface area contributed by atoms with Gasteiger partial charge in [-0.2, -0.15) is 0 Å².